The number of carbonyl (C=O) groups excluding carboxylic acids is 1. The Morgan fingerprint density at radius 3 is 2.38 bits per heavy atom. The van der Waals surface area contributed by atoms with Crippen molar-refractivity contribution < 1.29 is 28.8 Å². The molecule has 12 heteroatoms. The van der Waals surface area contributed by atoms with Crippen LogP contribution in [-0.2, 0) is 4.79 Å². The molecular formula is C28H29N5O6S. The molecule has 208 valence electrons. The lowest BCUT2D eigenvalue weighted by Gasteiger charge is -2.15. The Kier molecular flexibility index (Phi) is 9.47. The van der Waals surface area contributed by atoms with Crippen LogP contribution in [-0.4, -0.2) is 65.7 Å². The average Bonchev–Trinajstić information content (AvgIpc) is 3.41. The fourth-order valence-electron chi connectivity index (χ4n) is 3.79. The lowest BCUT2D eigenvalue weighted by Crippen LogP contribution is -2.20. The van der Waals surface area contributed by atoms with E-state index in [0.29, 0.717) is 51.7 Å². The highest BCUT2D eigenvalue weighted by Gasteiger charge is 2.21. The van der Waals surface area contributed by atoms with Gasteiger partial charge in [-0.3, -0.25) is 9.36 Å². The standard InChI is InChI=1S/C28H29N5O6S/c1-5-39-22-13-18(11-12-21(22)34)16-29-30-25(35)17-40-28-32-31-27(33(28)20-9-7-6-8-10-20)19-14-23(36-2)26(38-4)24(15-19)37-3/h6-16,34H,5,17H2,1-4H3,(H,30,35). The first-order valence-electron chi connectivity index (χ1n) is 12.2. The zero-order chi connectivity index (χ0) is 28.5. The minimum Gasteiger partial charge on any atom is -0.504 e. The predicted octanol–water partition coefficient (Wildman–Crippen LogP) is 4.31. The van der Waals surface area contributed by atoms with E-state index in [2.05, 4.69) is 20.7 Å². The lowest BCUT2D eigenvalue weighted by atomic mass is 10.1. The van der Waals surface area contributed by atoms with Crippen LogP contribution in [0.5, 0.6) is 28.7 Å². The fourth-order valence-corrected chi connectivity index (χ4v) is 4.54. The van der Waals surface area contributed by atoms with Crippen LogP contribution in [0.15, 0.2) is 70.9 Å². The number of methoxy groups -OCH3 is 3. The molecule has 0 atom stereocenters. The Labute approximate surface area is 235 Å². The van der Waals surface area contributed by atoms with E-state index in [1.165, 1.54) is 24.0 Å². The number of aromatic hydroxyl groups is 1. The van der Waals surface area contributed by atoms with Crippen LogP contribution < -0.4 is 24.4 Å². The molecule has 0 saturated heterocycles. The van der Waals surface area contributed by atoms with E-state index in [0.717, 1.165) is 5.69 Å². The quantitative estimate of drug-likeness (QED) is 0.147. The first-order valence-corrected chi connectivity index (χ1v) is 13.2. The molecule has 40 heavy (non-hydrogen) atoms. The molecule has 0 spiro atoms. The number of rotatable bonds is 12. The highest BCUT2D eigenvalue weighted by Crippen LogP contribution is 2.41. The summed E-state index contributed by atoms with van der Waals surface area (Å²) in [4.78, 5) is 12.6. The molecule has 2 N–H and O–H groups in total. The van der Waals surface area contributed by atoms with Crippen LogP contribution in [0.3, 0.4) is 0 Å². The van der Waals surface area contributed by atoms with Gasteiger partial charge >= 0.3 is 0 Å². The number of phenolic OH excluding ortho intramolecular Hbond substituents is 1. The lowest BCUT2D eigenvalue weighted by molar-refractivity contribution is -0.118. The summed E-state index contributed by atoms with van der Waals surface area (Å²) in [5.41, 5.74) is 4.67. The number of thioether (sulfide) groups is 1. The third kappa shape index (κ3) is 6.46. The summed E-state index contributed by atoms with van der Waals surface area (Å²) < 4.78 is 23.7. The Bertz CT molecular complexity index is 1470. The average molecular weight is 564 g/mol. The number of ether oxygens (including phenoxy) is 4. The highest BCUT2D eigenvalue weighted by atomic mass is 32.2. The second-order valence-electron chi connectivity index (χ2n) is 8.13. The third-order valence-corrected chi connectivity index (χ3v) is 6.52. The number of para-hydroxylation sites is 1. The number of benzene rings is 3. The molecule has 1 heterocycles. The zero-order valence-corrected chi connectivity index (χ0v) is 23.3. The third-order valence-electron chi connectivity index (χ3n) is 5.59. The molecule has 0 saturated carbocycles. The molecule has 0 aliphatic carbocycles. The molecule has 3 aromatic carbocycles. The van der Waals surface area contributed by atoms with Crippen LogP contribution >= 0.6 is 11.8 Å². The van der Waals surface area contributed by atoms with Gasteiger partial charge in [-0.05, 0) is 55.0 Å². The summed E-state index contributed by atoms with van der Waals surface area (Å²) in [7, 11) is 4.63. The van der Waals surface area contributed by atoms with Gasteiger partial charge in [-0.2, -0.15) is 5.10 Å². The van der Waals surface area contributed by atoms with E-state index in [4.69, 9.17) is 18.9 Å². The monoisotopic (exact) mass is 563 g/mol. The van der Waals surface area contributed by atoms with Crippen LogP contribution in [0.1, 0.15) is 12.5 Å². The van der Waals surface area contributed by atoms with Gasteiger partial charge in [-0.25, -0.2) is 5.43 Å². The van der Waals surface area contributed by atoms with E-state index in [-0.39, 0.29) is 17.4 Å². The van der Waals surface area contributed by atoms with Crippen molar-refractivity contribution in [2.24, 2.45) is 5.10 Å². The van der Waals surface area contributed by atoms with E-state index in [9.17, 15) is 9.90 Å². The molecule has 0 aliphatic rings. The van der Waals surface area contributed by atoms with Crippen molar-refractivity contribution in [3.05, 3.63) is 66.2 Å². The predicted molar refractivity (Wildman–Crippen MR) is 152 cm³/mol. The summed E-state index contributed by atoms with van der Waals surface area (Å²) in [5.74, 6) is 2.04. The number of carbonyl (C=O) groups is 1. The summed E-state index contributed by atoms with van der Waals surface area (Å²) in [6.45, 7) is 2.24. The van der Waals surface area contributed by atoms with E-state index >= 15 is 0 Å². The largest absolute Gasteiger partial charge is 0.504 e. The molecule has 0 radical (unpaired) electrons. The van der Waals surface area contributed by atoms with Crippen molar-refractivity contribution >= 4 is 23.9 Å². The normalized spacial score (nSPS) is 10.9. The zero-order valence-electron chi connectivity index (χ0n) is 22.5. The Balaban J connectivity index is 1.55. The van der Waals surface area contributed by atoms with Crippen LogP contribution in [0.2, 0.25) is 0 Å². The molecule has 1 aromatic heterocycles. The van der Waals surface area contributed by atoms with E-state index < -0.39 is 0 Å². The van der Waals surface area contributed by atoms with Gasteiger partial charge in [0.2, 0.25) is 5.75 Å². The first-order chi connectivity index (χ1) is 19.5. The number of hydrogen-bond acceptors (Lipinski definition) is 10. The molecule has 11 nitrogen and oxygen atoms in total. The van der Waals surface area contributed by atoms with Gasteiger partial charge in [-0.1, -0.05) is 30.0 Å². The summed E-state index contributed by atoms with van der Waals surface area (Å²) >= 11 is 1.21. The molecule has 0 unspecified atom stereocenters. The number of nitrogens with one attached hydrogen (secondary N) is 1. The second kappa shape index (κ2) is 13.4. The van der Waals surface area contributed by atoms with Gasteiger partial charge in [0.25, 0.3) is 5.91 Å². The number of phenols is 1. The molecule has 4 rings (SSSR count). The second-order valence-corrected chi connectivity index (χ2v) is 9.08. The highest BCUT2D eigenvalue weighted by molar-refractivity contribution is 7.99. The molecule has 1 amide bonds. The van der Waals surface area contributed by atoms with Gasteiger partial charge in [0, 0.05) is 11.3 Å². The maximum absolute atomic E-state index is 12.6. The van der Waals surface area contributed by atoms with Crippen molar-refractivity contribution in [2.45, 2.75) is 12.1 Å². The topological polar surface area (TPSA) is 129 Å². The Morgan fingerprint density at radius 2 is 1.73 bits per heavy atom. The van der Waals surface area contributed by atoms with Crippen molar-refractivity contribution in [1.82, 2.24) is 20.2 Å². The molecule has 0 aliphatic heterocycles. The van der Waals surface area contributed by atoms with E-state index in [1.54, 1.807) is 45.6 Å². The summed E-state index contributed by atoms with van der Waals surface area (Å²) in [6, 6.07) is 18.0. The number of nitrogens with zero attached hydrogens (tertiary/aromatic N) is 4. The smallest absolute Gasteiger partial charge is 0.250 e. The van der Waals surface area contributed by atoms with Gasteiger partial charge in [0.15, 0.2) is 34.0 Å². The van der Waals surface area contributed by atoms with Crippen molar-refractivity contribution in [1.29, 1.82) is 0 Å². The maximum atomic E-state index is 12.6. The molecule has 4 aromatic rings. The van der Waals surface area contributed by atoms with Gasteiger partial charge < -0.3 is 24.1 Å². The van der Waals surface area contributed by atoms with Crippen molar-refractivity contribution in [3.8, 4) is 45.8 Å². The molecular weight excluding hydrogens is 534 g/mol. The molecule has 0 fully saturated rings. The van der Waals surface area contributed by atoms with Crippen LogP contribution in [0, 0.1) is 0 Å². The van der Waals surface area contributed by atoms with Gasteiger partial charge in [0.1, 0.15) is 0 Å². The summed E-state index contributed by atoms with van der Waals surface area (Å²) in [6.07, 6.45) is 1.47. The van der Waals surface area contributed by atoms with E-state index in [1.807, 2.05) is 41.8 Å². The van der Waals surface area contributed by atoms with Crippen molar-refractivity contribution in [3.63, 3.8) is 0 Å². The van der Waals surface area contributed by atoms with Gasteiger partial charge in [-0.15, -0.1) is 10.2 Å². The number of hydrogen-bond donors (Lipinski definition) is 2. The molecule has 0 bridgehead atoms. The van der Waals surface area contributed by atoms with Gasteiger partial charge in [0.05, 0.1) is 39.9 Å². The maximum Gasteiger partial charge on any atom is 0.250 e. The Hall–Kier alpha value is -4.71. The summed E-state index contributed by atoms with van der Waals surface area (Å²) in [5, 5.41) is 23.2. The minimum atomic E-state index is -0.331. The van der Waals surface area contributed by atoms with Crippen molar-refractivity contribution in [2.75, 3.05) is 33.7 Å². The first kappa shape index (κ1) is 28.3. The Morgan fingerprint density at radius 1 is 1.00 bits per heavy atom. The van der Waals surface area contributed by atoms with Crippen LogP contribution in [0.4, 0.5) is 0 Å². The fraction of sp³-hybridized carbons (Fsp3) is 0.214. The minimum absolute atomic E-state index is 0.0351. The SMILES string of the molecule is CCOc1cc(C=NNC(=O)CSc2nnc(-c3cc(OC)c(OC)c(OC)c3)n2-c2ccccc2)ccc1O. The number of hydrazone groups is 1. The number of amides is 1. The number of aromatic nitrogens is 3. The van der Waals surface area contributed by atoms with Crippen LogP contribution in [0.25, 0.3) is 17.1 Å².